The molecule has 0 aliphatic heterocycles. The van der Waals surface area contributed by atoms with Gasteiger partial charge >= 0.3 is 0 Å². The number of hydrazone groups is 1. The zero-order valence-electron chi connectivity index (χ0n) is 9.95. The van der Waals surface area contributed by atoms with Gasteiger partial charge in [0.15, 0.2) is 0 Å². The summed E-state index contributed by atoms with van der Waals surface area (Å²) in [5, 5.41) is 18.1. The molecule has 0 radical (unpaired) electrons. The van der Waals surface area contributed by atoms with Crippen molar-refractivity contribution in [2.75, 3.05) is 0 Å². The van der Waals surface area contributed by atoms with Gasteiger partial charge in [0.25, 0.3) is 11.6 Å². The highest BCUT2D eigenvalue weighted by molar-refractivity contribution is 7.08. The Morgan fingerprint density at radius 2 is 2.25 bits per heavy atom. The lowest BCUT2D eigenvalue weighted by Gasteiger charge is -2.02. The molecule has 0 saturated carbocycles. The second kappa shape index (κ2) is 6.27. The molecule has 1 aromatic carbocycles. The molecule has 20 heavy (non-hydrogen) atoms. The van der Waals surface area contributed by atoms with E-state index >= 15 is 0 Å². The summed E-state index contributed by atoms with van der Waals surface area (Å²) < 4.78 is 0. The average Bonchev–Trinajstić information content (AvgIpc) is 2.91. The average molecular weight is 310 g/mol. The first-order valence-electron chi connectivity index (χ1n) is 5.37. The predicted octanol–water partition coefficient (Wildman–Crippen LogP) is 3.07. The Balaban J connectivity index is 2.08. The summed E-state index contributed by atoms with van der Waals surface area (Å²) in [7, 11) is 0. The van der Waals surface area contributed by atoms with Crippen molar-refractivity contribution in [1.82, 2.24) is 5.43 Å². The molecule has 0 bridgehead atoms. The maximum absolute atomic E-state index is 11.8. The molecule has 0 fully saturated rings. The lowest BCUT2D eigenvalue weighted by Crippen LogP contribution is -2.18. The van der Waals surface area contributed by atoms with Crippen LogP contribution in [0.1, 0.15) is 15.9 Å². The van der Waals surface area contributed by atoms with Crippen molar-refractivity contribution in [2.45, 2.75) is 0 Å². The van der Waals surface area contributed by atoms with E-state index in [0.29, 0.717) is 0 Å². The molecule has 1 amide bonds. The van der Waals surface area contributed by atoms with Crippen LogP contribution in [0.15, 0.2) is 40.1 Å². The number of nitrogens with one attached hydrogen (secondary N) is 1. The number of rotatable bonds is 4. The number of thiophene rings is 1. The molecule has 2 rings (SSSR count). The number of hydrogen-bond acceptors (Lipinski definition) is 5. The number of nitro groups is 1. The molecule has 0 saturated heterocycles. The smallest absolute Gasteiger partial charge is 0.267 e. The second-order valence-electron chi connectivity index (χ2n) is 3.68. The van der Waals surface area contributed by atoms with Crippen LogP contribution in [0.4, 0.5) is 5.69 Å². The van der Waals surface area contributed by atoms with E-state index in [9.17, 15) is 14.9 Å². The van der Waals surface area contributed by atoms with Crippen molar-refractivity contribution in [1.29, 1.82) is 0 Å². The van der Waals surface area contributed by atoms with Gasteiger partial charge in [0.05, 0.1) is 21.7 Å². The Bertz CT molecular complexity index is 671. The molecule has 102 valence electrons. The number of benzene rings is 1. The van der Waals surface area contributed by atoms with E-state index in [-0.39, 0.29) is 16.3 Å². The second-order valence-corrected chi connectivity index (χ2v) is 4.86. The SMILES string of the molecule is O=C(N/N=C/c1ccsc1)c1ccc([N+](=O)[O-])cc1Cl. The van der Waals surface area contributed by atoms with Crippen molar-refractivity contribution < 1.29 is 9.72 Å². The number of nitrogens with zero attached hydrogens (tertiary/aromatic N) is 2. The zero-order chi connectivity index (χ0) is 14.5. The minimum Gasteiger partial charge on any atom is -0.267 e. The van der Waals surface area contributed by atoms with E-state index in [1.54, 1.807) is 0 Å². The molecule has 0 aliphatic rings. The van der Waals surface area contributed by atoms with Crippen molar-refractivity contribution in [3.05, 3.63) is 61.3 Å². The largest absolute Gasteiger partial charge is 0.272 e. The fourth-order valence-corrected chi connectivity index (χ4v) is 2.25. The van der Waals surface area contributed by atoms with Crippen LogP contribution in [-0.2, 0) is 0 Å². The Labute approximate surface area is 122 Å². The molecule has 1 heterocycles. The summed E-state index contributed by atoms with van der Waals surface area (Å²) in [4.78, 5) is 21.8. The number of hydrogen-bond donors (Lipinski definition) is 1. The van der Waals surface area contributed by atoms with Crippen molar-refractivity contribution >= 4 is 40.7 Å². The third kappa shape index (κ3) is 3.40. The zero-order valence-corrected chi connectivity index (χ0v) is 11.5. The Morgan fingerprint density at radius 1 is 1.45 bits per heavy atom. The molecule has 2 aromatic rings. The standard InChI is InChI=1S/C12H8ClN3O3S/c13-11-5-9(16(18)19)1-2-10(11)12(17)15-14-6-8-3-4-20-7-8/h1-7H,(H,15,17)/b14-6+. The summed E-state index contributed by atoms with van der Waals surface area (Å²) >= 11 is 7.34. The first kappa shape index (κ1) is 14.2. The lowest BCUT2D eigenvalue weighted by atomic mass is 10.2. The van der Waals surface area contributed by atoms with Gasteiger partial charge in [0.1, 0.15) is 0 Å². The molecule has 8 heteroatoms. The topological polar surface area (TPSA) is 84.6 Å². The third-order valence-corrected chi connectivity index (χ3v) is 3.35. The van der Waals surface area contributed by atoms with Gasteiger partial charge in [-0.25, -0.2) is 5.43 Å². The van der Waals surface area contributed by atoms with E-state index < -0.39 is 10.8 Å². The molecule has 0 spiro atoms. The third-order valence-electron chi connectivity index (χ3n) is 2.33. The fourth-order valence-electron chi connectivity index (χ4n) is 1.38. The lowest BCUT2D eigenvalue weighted by molar-refractivity contribution is -0.384. The molecule has 0 unspecified atom stereocenters. The van der Waals surface area contributed by atoms with Crippen LogP contribution in [-0.4, -0.2) is 17.0 Å². The maximum atomic E-state index is 11.8. The summed E-state index contributed by atoms with van der Waals surface area (Å²) in [6.45, 7) is 0. The van der Waals surface area contributed by atoms with E-state index in [0.717, 1.165) is 11.6 Å². The van der Waals surface area contributed by atoms with Crippen molar-refractivity contribution in [3.8, 4) is 0 Å². The van der Waals surface area contributed by atoms with Crippen LogP contribution in [0.3, 0.4) is 0 Å². The molecule has 6 nitrogen and oxygen atoms in total. The van der Waals surface area contributed by atoms with E-state index in [1.165, 1.54) is 29.7 Å². The quantitative estimate of drug-likeness (QED) is 0.535. The molecular formula is C12H8ClN3O3S. The van der Waals surface area contributed by atoms with Gasteiger partial charge in [-0.15, -0.1) is 0 Å². The van der Waals surface area contributed by atoms with Crippen molar-refractivity contribution in [2.24, 2.45) is 5.10 Å². The number of halogens is 1. The molecular weight excluding hydrogens is 302 g/mol. The monoisotopic (exact) mass is 309 g/mol. The Kier molecular flexibility index (Phi) is 4.44. The van der Waals surface area contributed by atoms with Gasteiger partial charge in [-0.2, -0.15) is 16.4 Å². The predicted molar refractivity (Wildman–Crippen MR) is 77.5 cm³/mol. The number of nitro benzene ring substituents is 1. The number of non-ortho nitro benzene ring substituents is 1. The molecule has 1 N–H and O–H groups in total. The van der Waals surface area contributed by atoms with Crippen LogP contribution in [0, 0.1) is 10.1 Å². The van der Waals surface area contributed by atoms with Crippen molar-refractivity contribution in [3.63, 3.8) is 0 Å². The van der Waals surface area contributed by atoms with Crippen LogP contribution in [0.25, 0.3) is 0 Å². The van der Waals surface area contributed by atoms with Gasteiger partial charge in [-0.1, -0.05) is 11.6 Å². The summed E-state index contributed by atoms with van der Waals surface area (Å²) in [6, 6.07) is 5.47. The number of carbonyl (C=O) groups is 1. The van der Waals surface area contributed by atoms with Crippen LogP contribution >= 0.6 is 22.9 Å². The summed E-state index contributed by atoms with van der Waals surface area (Å²) in [6.07, 6.45) is 1.49. The fraction of sp³-hybridized carbons (Fsp3) is 0. The summed E-state index contributed by atoms with van der Waals surface area (Å²) in [5.41, 5.74) is 3.13. The molecule has 0 aliphatic carbocycles. The van der Waals surface area contributed by atoms with E-state index in [1.807, 2.05) is 16.8 Å². The van der Waals surface area contributed by atoms with E-state index in [4.69, 9.17) is 11.6 Å². The normalized spacial score (nSPS) is 10.7. The van der Waals surface area contributed by atoms with Gasteiger partial charge < -0.3 is 0 Å². The summed E-state index contributed by atoms with van der Waals surface area (Å²) in [5.74, 6) is -0.531. The number of amides is 1. The van der Waals surface area contributed by atoms with Crippen LogP contribution < -0.4 is 5.43 Å². The molecule has 1 aromatic heterocycles. The first-order valence-corrected chi connectivity index (χ1v) is 6.69. The van der Waals surface area contributed by atoms with Gasteiger partial charge in [-0.05, 0) is 22.9 Å². The maximum Gasteiger partial charge on any atom is 0.272 e. The number of carbonyl (C=O) groups excluding carboxylic acids is 1. The van der Waals surface area contributed by atoms with Gasteiger partial charge in [-0.3, -0.25) is 14.9 Å². The highest BCUT2D eigenvalue weighted by atomic mass is 35.5. The van der Waals surface area contributed by atoms with Crippen LogP contribution in [0.2, 0.25) is 5.02 Å². The van der Waals surface area contributed by atoms with Gasteiger partial charge in [0, 0.05) is 17.7 Å². The Hall–Kier alpha value is -2.25. The van der Waals surface area contributed by atoms with Gasteiger partial charge in [0.2, 0.25) is 0 Å². The molecule has 0 atom stereocenters. The first-order chi connectivity index (χ1) is 9.58. The van der Waals surface area contributed by atoms with E-state index in [2.05, 4.69) is 10.5 Å². The van der Waals surface area contributed by atoms with Crippen LogP contribution in [0.5, 0.6) is 0 Å². The highest BCUT2D eigenvalue weighted by Crippen LogP contribution is 2.22. The highest BCUT2D eigenvalue weighted by Gasteiger charge is 2.14. The minimum atomic E-state index is -0.581. The Morgan fingerprint density at radius 3 is 2.85 bits per heavy atom. The minimum absolute atomic E-state index is 0.00225.